The van der Waals surface area contributed by atoms with Crippen molar-refractivity contribution in [3.05, 3.63) is 30.1 Å². The number of hydrogen-bond donors (Lipinski definition) is 1. The quantitative estimate of drug-likeness (QED) is 0.857. The zero-order valence-electron chi connectivity index (χ0n) is 15.7. The van der Waals surface area contributed by atoms with Crippen LogP contribution in [-0.2, 0) is 9.59 Å². The van der Waals surface area contributed by atoms with Gasteiger partial charge in [0, 0.05) is 24.6 Å². The molecule has 2 amide bonds. The summed E-state index contributed by atoms with van der Waals surface area (Å²) in [5.74, 6) is 1.04. The lowest BCUT2D eigenvalue weighted by Crippen LogP contribution is -2.46. The Morgan fingerprint density at radius 3 is 2.67 bits per heavy atom. The fourth-order valence-electron chi connectivity index (χ4n) is 4.23. The molecule has 0 saturated heterocycles. The second kappa shape index (κ2) is 7.06. The van der Waals surface area contributed by atoms with Gasteiger partial charge in [0.15, 0.2) is 0 Å². The number of amidine groups is 1. The molecular formula is C21H26FN3O2. The number of anilines is 1. The van der Waals surface area contributed by atoms with Crippen molar-refractivity contribution in [1.82, 2.24) is 4.90 Å². The molecule has 1 aromatic carbocycles. The molecule has 0 radical (unpaired) electrons. The number of halogens is 1. The normalized spacial score (nSPS) is 27.8. The van der Waals surface area contributed by atoms with Crippen molar-refractivity contribution in [2.45, 2.75) is 57.4 Å². The monoisotopic (exact) mass is 371 g/mol. The van der Waals surface area contributed by atoms with Crippen LogP contribution in [0, 0.1) is 17.7 Å². The molecule has 0 bridgehead atoms. The lowest BCUT2D eigenvalue weighted by Gasteiger charge is -2.33. The minimum atomic E-state index is -0.657. The molecular weight excluding hydrogens is 345 g/mol. The Morgan fingerprint density at radius 2 is 2.04 bits per heavy atom. The molecule has 5 nitrogen and oxygen atoms in total. The first-order chi connectivity index (χ1) is 13.0. The standard InChI is InChI=1S/C21H26FN3O2/c1-2-18-24-21(20(27)25(18)13-14-6-7-14)10-8-15(9-11-21)19(26)23-17-5-3-4-16(22)12-17/h3-5,12,14-15H,2,6-11,13H2,1H3,(H,23,26). The number of carbonyl (C=O) groups excluding carboxylic acids is 2. The summed E-state index contributed by atoms with van der Waals surface area (Å²) in [5, 5.41) is 2.80. The van der Waals surface area contributed by atoms with Gasteiger partial charge in [0.2, 0.25) is 5.91 Å². The predicted octanol–water partition coefficient (Wildman–Crippen LogP) is 3.75. The highest BCUT2D eigenvalue weighted by Crippen LogP contribution is 2.42. The molecule has 2 saturated carbocycles. The van der Waals surface area contributed by atoms with Gasteiger partial charge in [-0.25, -0.2) is 4.39 Å². The fourth-order valence-corrected chi connectivity index (χ4v) is 4.23. The zero-order valence-corrected chi connectivity index (χ0v) is 15.7. The van der Waals surface area contributed by atoms with Crippen molar-refractivity contribution in [3.8, 4) is 0 Å². The largest absolute Gasteiger partial charge is 0.326 e. The van der Waals surface area contributed by atoms with E-state index in [-0.39, 0.29) is 23.5 Å². The maximum absolute atomic E-state index is 13.3. The van der Waals surface area contributed by atoms with Gasteiger partial charge in [-0.05, 0) is 62.6 Å². The van der Waals surface area contributed by atoms with Crippen molar-refractivity contribution in [2.75, 3.05) is 11.9 Å². The van der Waals surface area contributed by atoms with Gasteiger partial charge in [0.05, 0.1) is 0 Å². The first-order valence-electron chi connectivity index (χ1n) is 9.98. The number of benzene rings is 1. The van der Waals surface area contributed by atoms with Crippen molar-refractivity contribution in [3.63, 3.8) is 0 Å². The first-order valence-corrected chi connectivity index (χ1v) is 9.98. The Labute approximate surface area is 159 Å². The SMILES string of the molecule is CCC1=NC2(CCC(C(=O)Nc3cccc(F)c3)CC2)C(=O)N1CC1CC1. The zero-order chi connectivity index (χ0) is 19.0. The number of amides is 2. The van der Waals surface area contributed by atoms with Crippen LogP contribution < -0.4 is 5.32 Å². The molecule has 1 aliphatic heterocycles. The Morgan fingerprint density at radius 1 is 1.30 bits per heavy atom. The van der Waals surface area contributed by atoms with Crippen molar-refractivity contribution in [1.29, 1.82) is 0 Å². The van der Waals surface area contributed by atoms with Crippen LogP contribution in [0.2, 0.25) is 0 Å². The minimum absolute atomic E-state index is 0.101. The molecule has 0 unspecified atom stereocenters. The van der Waals surface area contributed by atoms with Gasteiger partial charge in [-0.2, -0.15) is 0 Å². The van der Waals surface area contributed by atoms with E-state index < -0.39 is 5.54 Å². The lowest BCUT2D eigenvalue weighted by atomic mass is 9.76. The lowest BCUT2D eigenvalue weighted by molar-refractivity contribution is -0.134. The molecule has 144 valence electrons. The molecule has 1 aromatic rings. The smallest absolute Gasteiger partial charge is 0.255 e. The van der Waals surface area contributed by atoms with E-state index in [4.69, 9.17) is 4.99 Å². The number of hydrogen-bond acceptors (Lipinski definition) is 3. The summed E-state index contributed by atoms with van der Waals surface area (Å²) < 4.78 is 13.3. The van der Waals surface area contributed by atoms with Gasteiger partial charge < -0.3 is 5.32 Å². The van der Waals surface area contributed by atoms with Crippen LogP contribution in [0.15, 0.2) is 29.3 Å². The van der Waals surface area contributed by atoms with E-state index in [2.05, 4.69) is 5.32 Å². The Balaban J connectivity index is 1.39. The van der Waals surface area contributed by atoms with E-state index in [1.165, 1.54) is 25.0 Å². The summed E-state index contributed by atoms with van der Waals surface area (Å²) in [6, 6.07) is 5.92. The Bertz CT molecular complexity index is 779. The second-order valence-corrected chi connectivity index (χ2v) is 8.05. The molecule has 2 fully saturated rings. The van der Waals surface area contributed by atoms with E-state index in [0.717, 1.165) is 18.8 Å². The predicted molar refractivity (Wildman–Crippen MR) is 102 cm³/mol. The van der Waals surface area contributed by atoms with Gasteiger partial charge in [-0.15, -0.1) is 0 Å². The van der Waals surface area contributed by atoms with Gasteiger partial charge >= 0.3 is 0 Å². The van der Waals surface area contributed by atoms with Gasteiger partial charge in [-0.1, -0.05) is 13.0 Å². The molecule has 1 spiro atoms. The molecule has 0 atom stereocenters. The van der Waals surface area contributed by atoms with Crippen LogP contribution in [-0.4, -0.2) is 34.6 Å². The van der Waals surface area contributed by atoms with Crippen LogP contribution in [0.4, 0.5) is 10.1 Å². The average molecular weight is 371 g/mol. The third kappa shape index (κ3) is 3.62. The Kier molecular flexibility index (Phi) is 4.74. The molecule has 1 heterocycles. The van der Waals surface area contributed by atoms with Crippen LogP contribution in [0.3, 0.4) is 0 Å². The van der Waals surface area contributed by atoms with Crippen LogP contribution in [0.1, 0.15) is 51.9 Å². The van der Waals surface area contributed by atoms with E-state index >= 15 is 0 Å². The first kappa shape index (κ1) is 18.1. The number of aliphatic imine (C=N–C) groups is 1. The van der Waals surface area contributed by atoms with Crippen LogP contribution in [0.5, 0.6) is 0 Å². The van der Waals surface area contributed by atoms with Crippen molar-refractivity contribution >= 4 is 23.3 Å². The summed E-state index contributed by atoms with van der Waals surface area (Å²) in [6.45, 7) is 2.85. The third-order valence-electron chi connectivity index (χ3n) is 6.03. The molecule has 3 aliphatic rings. The third-order valence-corrected chi connectivity index (χ3v) is 6.03. The highest BCUT2D eigenvalue weighted by molar-refractivity contribution is 6.08. The topological polar surface area (TPSA) is 61.8 Å². The number of rotatable bonds is 5. The van der Waals surface area contributed by atoms with E-state index in [1.807, 2.05) is 11.8 Å². The molecule has 1 N–H and O–H groups in total. The van der Waals surface area contributed by atoms with Crippen LogP contribution >= 0.6 is 0 Å². The molecule has 27 heavy (non-hydrogen) atoms. The highest BCUT2D eigenvalue weighted by Gasteiger charge is 2.50. The highest BCUT2D eigenvalue weighted by atomic mass is 19.1. The van der Waals surface area contributed by atoms with Gasteiger partial charge in [-0.3, -0.25) is 19.5 Å². The second-order valence-electron chi connectivity index (χ2n) is 8.05. The van der Waals surface area contributed by atoms with E-state index in [1.54, 1.807) is 12.1 Å². The molecule has 6 heteroatoms. The average Bonchev–Trinajstić information content (AvgIpc) is 3.44. The van der Waals surface area contributed by atoms with Crippen LogP contribution in [0.25, 0.3) is 0 Å². The minimum Gasteiger partial charge on any atom is -0.326 e. The van der Waals surface area contributed by atoms with Crippen molar-refractivity contribution < 1.29 is 14.0 Å². The van der Waals surface area contributed by atoms with E-state index in [9.17, 15) is 14.0 Å². The molecule has 4 rings (SSSR count). The summed E-state index contributed by atoms with van der Waals surface area (Å²) in [6.07, 6.45) is 5.65. The summed E-state index contributed by atoms with van der Waals surface area (Å²) in [5.41, 5.74) is -0.185. The molecule has 2 aliphatic carbocycles. The number of nitrogens with zero attached hydrogens (tertiary/aromatic N) is 2. The number of nitrogens with one attached hydrogen (secondary N) is 1. The van der Waals surface area contributed by atoms with Crippen molar-refractivity contribution in [2.24, 2.45) is 16.8 Å². The maximum Gasteiger partial charge on any atom is 0.255 e. The van der Waals surface area contributed by atoms with Gasteiger partial charge in [0.25, 0.3) is 5.91 Å². The maximum atomic E-state index is 13.3. The molecule has 0 aromatic heterocycles. The summed E-state index contributed by atoms with van der Waals surface area (Å²) >= 11 is 0. The van der Waals surface area contributed by atoms with Gasteiger partial charge in [0.1, 0.15) is 17.2 Å². The Hall–Kier alpha value is -2.24. The summed E-state index contributed by atoms with van der Waals surface area (Å²) in [4.78, 5) is 32.4. The number of carbonyl (C=O) groups is 2. The summed E-state index contributed by atoms with van der Waals surface area (Å²) in [7, 11) is 0. The van der Waals surface area contributed by atoms with E-state index in [0.29, 0.717) is 37.3 Å². The fraction of sp³-hybridized carbons (Fsp3) is 0.571.